The molecule has 0 saturated carbocycles. The van der Waals surface area contributed by atoms with Gasteiger partial charge in [-0.1, -0.05) is 41.9 Å². The van der Waals surface area contributed by atoms with Crippen molar-refractivity contribution >= 4 is 78.3 Å². The Morgan fingerprint density at radius 3 is 2.72 bits per heavy atom. The minimum absolute atomic E-state index is 0.118. The lowest BCUT2D eigenvalue weighted by Gasteiger charge is -2.15. The Bertz CT molecular complexity index is 1670. The second-order valence-electron chi connectivity index (χ2n) is 8.09. The van der Waals surface area contributed by atoms with E-state index in [0.29, 0.717) is 43.5 Å². The van der Waals surface area contributed by atoms with E-state index in [9.17, 15) is 4.79 Å². The third-order valence-electron chi connectivity index (χ3n) is 5.61. The van der Waals surface area contributed by atoms with E-state index in [2.05, 4.69) is 31.5 Å². The summed E-state index contributed by atoms with van der Waals surface area (Å²) < 4.78 is 12.1. The first kappa shape index (κ1) is 24.2. The lowest BCUT2D eigenvalue weighted by atomic mass is 10.1. The lowest BCUT2D eigenvalue weighted by molar-refractivity contribution is 0.0975. The SMILES string of the molecule is COc1c(C(=O)NC(=S)Nc2ccc(Cl)c(-c3nc4cc(C)ccc4o3)c2)cc2ccccc2c1Br. The molecule has 0 radical (unpaired) electrons. The Morgan fingerprint density at radius 1 is 1.11 bits per heavy atom. The fourth-order valence-electron chi connectivity index (χ4n) is 3.90. The highest BCUT2D eigenvalue weighted by Crippen LogP contribution is 2.37. The molecule has 0 spiro atoms. The Morgan fingerprint density at radius 2 is 1.92 bits per heavy atom. The van der Waals surface area contributed by atoms with Gasteiger partial charge < -0.3 is 14.5 Å². The maximum Gasteiger partial charge on any atom is 0.261 e. The molecule has 4 aromatic carbocycles. The highest BCUT2D eigenvalue weighted by molar-refractivity contribution is 9.10. The molecule has 180 valence electrons. The minimum atomic E-state index is -0.403. The number of carbonyl (C=O) groups excluding carboxylic acids is 1. The molecule has 0 unspecified atom stereocenters. The van der Waals surface area contributed by atoms with Crippen LogP contribution < -0.4 is 15.4 Å². The molecule has 5 rings (SSSR count). The maximum absolute atomic E-state index is 13.1. The molecule has 0 bridgehead atoms. The number of anilines is 1. The topological polar surface area (TPSA) is 76.4 Å². The Kier molecular flexibility index (Phi) is 6.66. The van der Waals surface area contributed by atoms with Gasteiger partial charge in [-0.2, -0.15) is 0 Å². The predicted molar refractivity (Wildman–Crippen MR) is 151 cm³/mol. The van der Waals surface area contributed by atoms with Crippen molar-refractivity contribution in [2.75, 3.05) is 12.4 Å². The number of hydrogen-bond acceptors (Lipinski definition) is 5. The number of ether oxygens (including phenoxy) is 1. The van der Waals surface area contributed by atoms with Crippen molar-refractivity contribution in [2.24, 2.45) is 0 Å². The third-order valence-corrected chi connectivity index (χ3v) is 6.94. The first-order valence-corrected chi connectivity index (χ1v) is 12.5. The van der Waals surface area contributed by atoms with Gasteiger partial charge in [0.15, 0.2) is 10.7 Å². The normalized spacial score (nSPS) is 11.0. The van der Waals surface area contributed by atoms with Crippen LogP contribution in [-0.4, -0.2) is 23.1 Å². The first-order valence-electron chi connectivity index (χ1n) is 10.9. The van der Waals surface area contributed by atoms with Gasteiger partial charge in [-0.05, 0) is 87.8 Å². The van der Waals surface area contributed by atoms with Crippen LogP contribution in [0.25, 0.3) is 33.3 Å². The number of oxazole rings is 1. The van der Waals surface area contributed by atoms with E-state index >= 15 is 0 Å². The van der Waals surface area contributed by atoms with Crippen LogP contribution in [0.3, 0.4) is 0 Å². The number of nitrogens with one attached hydrogen (secondary N) is 2. The van der Waals surface area contributed by atoms with Gasteiger partial charge in [0, 0.05) is 5.69 Å². The fraction of sp³-hybridized carbons (Fsp3) is 0.0741. The maximum atomic E-state index is 13.1. The van der Waals surface area contributed by atoms with Crippen LogP contribution in [0.5, 0.6) is 5.75 Å². The average molecular weight is 581 g/mol. The Balaban J connectivity index is 1.38. The van der Waals surface area contributed by atoms with E-state index in [1.165, 1.54) is 7.11 Å². The number of fused-ring (bicyclic) bond motifs is 2. The van der Waals surface area contributed by atoms with Crippen LogP contribution in [0.4, 0.5) is 5.69 Å². The molecular formula is C27H19BrClN3O3S. The van der Waals surface area contributed by atoms with Gasteiger partial charge in [-0.15, -0.1) is 0 Å². The number of amides is 1. The molecule has 0 aliphatic heterocycles. The zero-order valence-electron chi connectivity index (χ0n) is 19.2. The number of aromatic nitrogens is 1. The summed E-state index contributed by atoms with van der Waals surface area (Å²) in [5.74, 6) is 0.415. The van der Waals surface area contributed by atoms with Gasteiger partial charge in [0.05, 0.1) is 27.7 Å². The molecule has 36 heavy (non-hydrogen) atoms. The van der Waals surface area contributed by atoms with Gasteiger partial charge in [0.2, 0.25) is 5.89 Å². The highest BCUT2D eigenvalue weighted by Gasteiger charge is 2.19. The summed E-state index contributed by atoms with van der Waals surface area (Å²) in [5, 5.41) is 8.18. The van der Waals surface area contributed by atoms with E-state index < -0.39 is 5.91 Å². The quantitative estimate of drug-likeness (QED) is 0.214. The zero-order valence-corrected chi connectivity index (χ0v) is 22.3. The smallest absolute Gasteiger partial charge is 0.261 e. The lowest BCUT2D eigenvalue weighted by Crippen LogP contribution is -2.34. The van der Waals surface area contributed by atoms with Crippen LogP contribution in [0, 0.1) is 6.92 Å². The van der Waals surface area contributed by atoms with Gasteiger partial charge >= 0.3 is 0 Å². The van der Waals surface area contributed by atoms with Gasteiger partial charge in [0.1, 0.15) is 11.3 Å². The molecule has 0 atom stereocenters. The van der Waals surface area contributed by atoms with E-state index in [-0.39, 0.29) is 5.11 Å². The van der Waals surface area contributed by atoms with E-state index in [4.69, 9.17) is 33.0 Å². The molecular weight excluding hydrogens is 562 g/mol. The molecule has 2 N–H and O–H groups in total. The fourth-order valence-corrected chi connectivity index (χ4v) is 5.05. The number of hydrogen-bond donors (Lipinski definition) is 2. The minimum Gasteiger partial charge on any atom is -0.495 e. The average Bonchev–Trinajstić information content (AvgIpc) is 3.28. The number of halogens is 2. The Hall–Kier alpha value is -3.46. The second kappa shape index (κ2) is 9.89. The van der Waals surface area contributed by atoms with Crippen molar-refractivity contribution in [1.29, 1.82) is 0 Å². The summed E-state index contributed by atoms with van der Waals surface area (Å²) in [6.45, 7) is 1.99. The van der Waals surface area contributed by atoms with Crippen molar-refractivity contribution in [3.8, 4) is 17.2 Å². The van der Waals surface area contributed by atoms with Crippen LogP contribution in [0.2, 0.25) is 5.02 Å². The number of methoxy groups -OCH3 is 1. The molecule has 0 aliphatic rings. The van der Waals surface area contributed by atoms with Gasteiger partial charge in [0.25, 0.3) is 5.91 Å². The molecule has 1 amide bonds. The van der Waals surface area contributed by atoms with E-state index in [1.54, 1.807) is 24.3 Å². The summed E-state index contributed by atoms with van der Waals surface area (Å²) in [5.41, 5.74) is 4.07. The van der Waals surface area contributed by atoms with Crippen molar-refractivity contribution in [1.82, 2.24) is 10.3 Å². The number of benzene rings is 4. The van der Waals surface area contributed by atoms with Crippen LogP contribution in [0.15, 0.2) is 75.6 Å². The van der Waals surface area contributed by atoms with Gasteiger partial charge in [-0.25, -0.2) is 4.98 Å². The van der Waals surface area contributed by atoms with Crippen LogP contribution in [-0.2, 0) is 0 Å². The molecule has 0 fully saturated rings. The summed E-state index contributed by atoms with van der Waals surface area (Å²) in [6, 6.07) is 20.5. The summed E-state index contributed by atoms with van der Waals surface area (Å²) in [4.78, 5) is 17.7. The monoisotopic (exact) mass is 579 g/mol. The number of thiocarbonyl (C=S) groups is 1. The van der Waals surface area contributed by atoms with Crippen molar-refractivity contribution < 1.29 is 13.9 Å². The van der Waals surface area contributed by atoms with Crippen LogP contribution >= 0.6 is 39.7 Å². The van der Waals surface area contributed by atoms with E-state index in [1.807, 2.05) is 49.4 Å². The molecule has 1 aromatic heterocycles. The second-order valence-corrected chi connectivity index (χ2v) is 9.69. The zero-order chi connectivity index (χ0) is 25.4. The molecule has 5 aromatic rings. The van der Waals surface area contributed by atoms with Crippen molar-refractivity contribution in [3.05, 3.63) is 87.4 Å². The standard InChI is InChI=1S/C27H19BrClN3O3S/c1-14-7-10-22-21(11-14)31-26(35-22)18-13-16(8-9-20(18)29)30-27(36)32-25(33)19-12-15-5-3-4-6-17(15)23(28)24(19)34-2/h3-13H,1-2H3,(H2,30,32,33,36). The Labute approximate surface area is 225 Å². The first-order chi connectivity index (χ1) is 17.3. The largest absolute Gasteiger partial charge is 0.495 e. The highest BCUT2D eigenvalue weighted by atomic mass is 79.9. The number of nitrogens with zero attached hydrogens (tertiary/aromatic N) is 1. The number of carbonyl (C=O) groups is 1. The molecule has 6 nitrogen and oxygen atoms in total. The summed E-state index contributed by atoms with van der Waals surface area (Å²) in [7, 11) is 1.52. The molecule has 9 heteroatoms. The summed E-state index contributed by atoms with van der Waals surface area (Å²) >= 11 is 15.4. The van der Waals surface area contributed by atoms with E-state index in [0.717, 1.165) is 21.9 Å². The molecule has 1 heterocycles. The van der Waals surface area contributed by atoms with Crippen molar-refractivity contribution in [3.63, 3.8) is 0 Å². The summed E-state index contributed by atoms with van der Waals surface area (Å²) in [6.07, 6.45) is 0. The van der Waals surface area contributed by atoms with Gasteiger partial charge in [-0.3, -0.25) is 10.1 Å². The van der Waals surface area contributed by atoms with Crippen molar-refractivity contribution in [2.45, 2.75) is 6.92 Å². The van der Waals surface area contributed by atoms with Crippen LogP contribution in [0.1, 0.15) is 15.9 Å². The molecule has 0 saturated heterocycles. The number of aryl methyl sites for hydroxylation is 1. The molecule has 0 aliphatic carbocycles. The number of rotatable bonds is 4. The third kappa shape index (κ3) is 4.67. The predicted octanol–water partition coefficient (Wildman–Crippen LogP) is 7.51.